The average Bonchev–Trinajstić information content (AvgIpc) is 3.12. The lowest BCUT2D eigenvalue weighted by atomic mass is 9.98. The van der Waals surface area contributed by atoms with Gasteiger partial charge in [-0.1, -0.05) is 13.3 Å². The summed E-state index contributed by atoms with van der Waals surface area (Å²) in [6.45, 7) is 2.93. The third-order valence-electron chi connectivity index (χ3n) is 3.90. The molecule has 0 heterocycles. The van der Waals surface area contributed by atoms with Crippen molar-refractivity contribution in [1.29, 1.82) is 0 Å². The second kappa shape index (κ2) is 5.17. The lowest BCUT2D eigenvalue weighted by molar-refractivity contribution is -0.122. The molecule has 3 heteroatoms. The summed E-state index contributed by atoms with van der Waals surface area (Å²) in [5, 5.41) is 3.05. The lowest BCUT2D eigenvalue weighted by Crippen LogP contribution is -2.42. The van der Waals surface area contributed by atoms with Crippen molar-refractivity contribution >= 4 is 5.91 Å². The SMILES string of the molecule is CCC[C@H](N)C(=O)NCC(C1CC1)C1CC1. The van der Waals surface area contributed by atoms with Crippen LogP contribution in [0.5, 0.6) is 0 Å². The molecule has 0 bridgehead atoms. The summed E-state index contributed by atoms with van der Waals surface area (Å²) in [7, 11) is 0. The minimum atomic E-state index is -0.302. The van der Waals surface area contributed by atoms with E-state index in [0.717, 1.165) is 37.1 Å². The van der Waals surface area contributed by atoms with Crippen molar-refractivity contribution in [2.75, 3.05) is 6.54 Å². The smallest absolute Gasteiger partial charge is 0.236 e. The molecule has 0 spiro atoms. The van der Waals surface area contributed by atoms with Gasteiger partial charge in [0.15, 0.2) is 0 Å². The molecule has 0 aromatic rings. The first-order valence-electron chi connectivity index (χ1n) is 6.75. The van der Waals surface area contributed by atoms with E-state index in [9.17, 15) is 4.79 Å². The molecule has 2 aliphatic carbocycles. The summed E-state index contributed by atoms with van der Waals surface area (Å²) in [5.74, 6) is 2.59. The van der Waals surface area contributed by atoms with E-state index >= 15 is 0 Å². The van der Waals surface area contributed by atoms with E-state index in [2.05, 4.69) is 12.2 Å². The highest BCUT2D eigenvalue weighted by molar-refractivity contribution is 5.81. The van der Waals surface area contributed by atoms with Crippen molar-refractivity contribution in [2.24, 2.45) is 23.5 Å². The number of hydrogen-bond acceptors (Lipinski definition) is 2. The Morgan fingerprint density at radius 1 is 1.31 bits per heavy atom. The number of nitrogens with two attached hydrogens (primary N) is 1. The molecule has 2 aliphatic rings. The van der Waals surface area contributed by atoms with Crippen molar-refractivity contribution in [3.63, 3.8) is 0 Å². The van der Waals surface area contributed by atoms with Gasteiger partial charge in [-0.2, -0.15) is 0 Å². The maximum absolute atomic E-state index is 11.7. The van der Waals surface area contributed by atoms with Crippen LogP contribution in [0.4, 0.5) is 0 Å². The lowest BCUT2D eigenvalue weighted by Gasteiger charge is -2.18. The van der Waals surface area contributed by atoms with Crippen molar-refractivity contribution in [2.45, 2.75) is 51.5 Å². The maximum atomic E-state index is 11.7. The van der Waals surface area contributed by atoms with E-state index < -0.39 is 0 Å². The van der Waals surface area contributed by atoms with Crippen molar-refractivity contribution in [3.8, 4) is 0 Å². The predicted molar refractivity (Wildman–Crippen MR) is 64.8 cm³/mol. The van der Waals surface area contributed by atoms with E-state index in [0.29, 0.717) is 0 Å². The Hall–Kier alpha value is -0.570. The van der Waals surface area contributed by atoms with Gasteiger partial charge in [-0.15, -0.1) is 0 Å². The molecule has 3 N–H and O–H groups in total. The van der Waals surface area contributed by atoms with Crippen LogP contribution in [0.1, 0.15) is 45.4 Å². The van der Waals surface area contributed by atoms with Crippen molar-refractivity contribution in [3.05, 3.63) is 0 Å². The zero-order chi connectivity index (χ0) is 11.5. The Balaban J connectivity index is 1.70. The van der Waals surface area contributed by atoms with Crippen LogP contribution >= 0.6 is 0 Å². The highest BCUT2D eigenvalue weighted by Gasteiger charge is 2.41. The Morgan fingerprint density at radius 3 is 2.31 bits per heavy atom. The van der Waals surface area contributed by atoms with Gasteiger partial charge in [-0.05, 0) is 49.9 Å². The van der Waals surface area contributed by atoms with Gasteiger partial charge in [0.25, 0.3) is 0 Å². The fourth-order valence-corrected chi connectivity index (χ4v) is 2.56. The van der Waals surface area contributed by atoms with Crippen molar-refractivity contribution < 1.29 is 4.79 Å². The number of hydrogen-bond donors (Lipinski definition) is 2. The van der Waals surface area contributed by atoms with Gasteiger partial charge in [0, 0.05) is 6.54 Å². The summed E-state index contributed by atoms with van der Waals surface area (Å²) in [4.78, 5) is 11.7. The van der Waals surface area contributed by atoms with Crippen LogP contribution in [0.3, 0.4) is 0 Å². The van der Waals surface area contributed by atoms with Crippen LogP contribution in [-0.2, 0) is 4.79 Å². The molecule has 0 aliphatic heterocycles. The molecular weight excluding hydrogens is 200 g/mol. The standard InChI is InChI=1S/C13H24N2O/c1-2-3-12(14)13(16)15-8-11(9-4-5-9)10-6-7-10/h9-12H,2-8,14H2,1H3,(H,15,16)/t12-/m0/s1. The molecule has 2 rings (SSSR count). The van der Waals surface area contributed by atoms with Gasteiger partial charge in [0.05, 0.1) is 6.04 Å². The minimum absolute atomic E-state index is 0.0492. The number of amides is 1. The molecule has 0 saturated heterocycles. The second-order valence-electron chi connectivity index (χ2n) is 5.48. The molecule has 2 fully saturated rings. The Morgan fingerprint density at radius 2 is 1.88 bits per heavy atom. The molecule has 0 radical (unpaired) electrons. The van der Waals surface area contributed by atoms with Crippen LogP contribution < -0.4 is 11.1 Å². The average molecular weight is 224 g/mol. The molecule has 3 nitrogen and oxygen atoms in total. The molecule has 16 heavy (non-hydrogen) atoms. The Bertz CT molecular complexity index is 234. The largest absolute Gasteiger partial charge is 0.354 e. The number of rotatable bonds is 7. The molecular formula is C13H24N2O. The highest BCUT2D eigenvalue weighted by Crippen LogP contribution is 2.48. The molecule has 92 valence electrons. The highest BCUT2D eigenvalue weighted by atomic mass is 16.2. The van der Waals surface area contributed by atoms with Gasteiger partial charge in [0.2, 0.25) is 5.91 Å². The van der Waals surface area contributed by atoms with Gasteiger partial charge < -0.3 is 11.1 Å². The summed E-state index contributed by atoms with van der Waals surface area (Å²) in [6.07, 6.45) is 7.26. The molecule has 1 atom stereocenters. The topological polar surface area (TPSA) is 55.1 Å². The van der Waals surface area contributed by atoms with Crippen molar-refractivity contribution in [1.82, 2.24) is 5.32 Å². The Kier molecular flexibility index (Phi) is 3.85. The zero-order valence-electron chi connectivity index (χ0n) is 10.2. The second-order valence-corrected chi connectivity index (χ2v) is 5.48. The first kappa shape index (κ1) is 11.9. The fraction of sp³-hybridized carbons (Fsp3) is 0.923. The quantitative estimate of drug-likeness (QED) is 0.691. The molecule has 2 saturated carbocycles. The maximum Gasteiger partial charge on any atom is 0.236 e. The molecule has 0 aromatic heterocycles. The normalized spacial score (nSPS) is 22.2. The monoisotopic (exact) mass is 224 g/mol. The van der Waals surface area contributed by atoms with E-state index in [1.54, 1.807) is 0 Å². The van der Waals surface area contributed by atoms with E-state index in [1.165, 1.54) is 25.7 Å². The van der Waals surface area contributed by atoms with Gasteiger partial charge in [-0.3, -0.25) is 4.79 Å². The van der Waals surface area contributed by atoms with E-state index in [1.807, 2.05) is 0 Å². The molecule has 1 amide bonds. The summed E-state index contributed by atoms with van der Waals surface area (Å²) in [6, 6.07) is -0.302. The summed E-state index contributed by atoms with van der Waals surface area (Å²) >= 11 is 0. The first-order valence-corrected chi connectivity index (χ1v) is 6.75. The van der Waals surface area contributed by atoms with Crippen LogP contribution in [0.2, 0.25) is 0 Å². The minimum Gasteiger partial charge on any atom is -0.354 e. The van der Waals surface area contributed by atoms with Crippen LogP contribution in [-0.4, -0.2) is 18.5 Å². The van der Waals surface area contributed by atoms with Gasteiger partial charge in [0.1, 0.15) is 0 Å². The third-order valence-corrected chi connectivity index (χ3v) is 3.90. The molecule has 0 unspecified atom stereocenters. The summed E-state index contributed by atoms with van der Waals surface area (Å²) in [5.41, 5.74) is 5.79. The van der Waals surface area contributed by atoms with Crippen LogP contribution in [0.25, 0.3) is 0 Å². The zero-order valence-corrected chi connectivity index (χ0v) is 10.2. The Labute approximate surface area is 98.2 Å². The summed E-state index contributed by atoms with van der Waals surface area (Å²) < 4.78 is 0. The van der Waals surface area contributed by atoms with Crippen LogP contribution in [0, 0.1) is 17.8 Å². The van der Waals surface area contributed by atoms with E-state index in [-0.39, 0.29) is 11.9 Å². The van der Waals surface area contributed by atoms with E-state index in [4.69, 9.17) is 5.73 Å². The number of carbonyl (C=O) groups is 1. The first-order chi connectivity index (χ1) is 7.72. The molecule has 0 aromatic carbocycles. The fourth-order valence-electron chi connectivity index (χ4n) is 2.56. The third kappa shape index (κ3) is 3.21. The van der Waals surface area contributed by atoms with Gasteiger partial charge in [-0.25, -0.2) is 0 Å². The number of nitrogens with one attached hydrogen (secondary N) is 1. The predicted octanol–water partition coefficient (Wildman–Crippen LogP) is 1.67. The van der Waals surface area contributed by atoms with Gasteiger partial charge >= 0.3 is 0 Å². The number of carbonyl (C=O) groups excluding carboxylic acids is 1. The van der Waals surface area contributed by atoms with Crippen LogP contribution in [0.15, 0.2) is 0 Å².